The van der Waals surface area contributed by atoms with Crippen molar-refractivity contribution in [2.45, 2.75) is 6.42 Å². The first-order chi connectivity index (χ1) is 13.6. The van der Waals surface area contributed by atoms with Crippen molar-refractivity contribution in [2.75, 3.05) is 16.0 Å². The van der Waals surface area contributed by atoms with E-state index in [9.17, 15) is 9.59 Å². The summed E-state index contributed by atoms with van der Waals surface area (Å²) in [4.78, 5) is 24.0. The molecule has 28 heavy (non-hydrogen) atoms. The highest BCUT2D eigenvalue weighted by Gasteiger charge is 2.08. The lowest BCUT2D eigenvalue weighted by atomic mass is 10.1. The average molecular weight is 370 g/mol. The molecule has 0 heterocycles. The molecule has 6 nitrogen and oxygen atoms in total. The second kappa shape index (κ2) is 9.01. The van der Waals surface area contributed by atoms with Crippen molar-refractivity contribution in [1.82, 2.24) is 0 Å². The Kier molecular flexibility index (Phi) is 6.01. The third-order valence-electron chi connectivity index (χ3n) is 3.85. The lowest BCUT2D eigenvalue weighted by molar-refractivity contribution is -0.115. The van der Waals surface area contributed by atoms with Crippen molar-refractivity contribution >= 4 is 34.6 Å². The van der Waals surface area contributed by atoms with Gasteiger partial charge in [-0.05, 0) is 54.6 Å². The van der Waals surface area contributed by atoms with E-state index in [0.717, 1.165) is 11.4 Å². The van der Waals surface area contributed by atoms with Crippen LogP contribution in [0.1, 0.15) is 16.8 Å². The summed E-state index contributed by atoms with van der Waals surface area (Å²) >= 11 is 0. The zero-order valence-electron chi connectivity index (χ0n) is 15.0. The molecule has 3 aromatic rings. The van der Waals surface area contributed by atoms with E-state index in [2.05, 4.69) is 16.0 Å². The normalized spacial score (nSPS) is 9.82. The molecule has 0 bridgehead atoms. The van der Waals surface area contributed by atoms with Crippen molar-refractivity contribution in [2.24, 2.45) is 0 Å². The Labute approximate surface area is 162 Å². The summed E-state index contributed by atoms with van der Waals surface area (Å²) in [5.74, 6) is -0.707. The Morgan fingerprint density at radius 2 is 1.39 bits per heavy atom. The molecule has 0 aliphatic carbocycles. The highest BCUT2D eigenvalue weighted by atomic mass is 16.2. The molecule has 0 aliphatic rings. The minimum atomic E-state index is -0.415. The molecule has 0 radical (unpaired) electrons. The standard InChI is InChI=1S/C22H18N4O2/c23-14-13-21(27)25-20-8-4-5-16(15-20)22(28)26-19-11-9-18(10-12-19)24-17-6-2-1-3-7-17/h1-12,15,24H,13H2,(H,25,27)(H,26,28). The number of hydrogen-bond donors (Lipinski definition) is 3. The van der Waals surface area contributed by atoms with Crippen LogP contribution in [0.3, 0.4) is 0 Å². The summed E-state index contributed by atoms with van der Waals surface area (Å²) in [6, 6.07) is 25.5. The van der Waals surface area contributed by atoms with Gasteiger partial charge >= 0.3 is 0 Å². The molecule has 6 heteroatoms. The van der Waals surface area contributed by atoms with Gasteiger partial charge in [-0.25, -0.2) is 0 Å². The second-order valence-electron chi connectivity index (χ2n) is 5.99. The van der Waals surface area contributed by atoms with Crippen LogP contribution in [0.25, 0.3) is 0 Å². The number of amides is 2. The molecule has 3 N–H and O–H groups in total. The summed E-state index contributed by atoms with van der Waals surface area (Å²) in [7, 11) is 0. The molecule has 0 saturated carbocycles. The van der Waals surface area contributed by atoms with Gasteiger partial charge in [-0.3, -0.25) is 9.59 Å². The second-order valence-corrected chi connectivity index (χ2v) is 5.99. The number of para-hydroxylation sites is 1. The predicted molar refractivity (Wildman–Crippen MR) is 109 cm³/mol. The summed E-state index contributed by atoms with van der Waals surface area (Å²) in [6.45, 7) is 0. The van der Waals surface area contributed by atoms with E-state index in [-0.39, 0.29) is 12.3 Å². The first kappa shape index (κ1) is 18.7. The van der Waals surface area contributed by atoms with Gasteiger partial charge in [0.05, 0.1) is 6.07 Å². The third-order valence-corrected chi connectivity index (χ3v) is 3.85. The zero-order valence-corrected chi connectivity index (χ0v) is 15.0. The molecule has 0 aliphatic heterocycles. The van der Waals surface area contributed by atoms with Crippen LogP contribution in [0.2, 0.25) is 0 Å². The number of benzene rings is 3. The van der Waals surface area contributed by atoms with Crippen LogP contribution >= 0.6 is 0 Å². The Hall–Kier alpha value is -4.11. The number of carbonyl (C=O) groups is 2. The molecule has 0 atom stereocenters. The van der Waals surface area contributed by atoms with E-state index in [0.29, 0.717) is 16.9 Å². The highest BCUT2D eigenvalue weighted by Crippen LogP contribution is 2.19. The van der Waals surface area contributed by atoms with Crippen LogP contribution < -0.4 is 16.0 Å². The molecular weight excluding hydrogens is 352 g/mol. The first-order valence-electron chi connectivity index (χ1n) is 8.64. The fourth-order valence-electron chi connectivity index (χ4n) is 2.54. The molecule has 0 saturated heterocycles. The maximum absolute atomic E-state index is 12.5. The van der Waals surface area contributed by atoms with Crippen LogP contribution in [0.15, 0.2) is 78.9 Å². The van der Waals surface area contributed by atoms with Gasteiger partial charge in [-0.1, -0.05) is 24.3 Å². The topological polar surface area (TPSA) is 94.0 Å². The lowest BCUT2D eigenvalue weighted by Crippen LogP contribution is -2.14. The van der Waals surface area contributed by atoms with Gasteiger partial charge in [0.15, 0.2) is 0 Å². The van der Waals surface area contributed by atoms with Crippen molar-refractivity contribution < 1.29 is 9.59 Å². The minimum absolute atomic E-state index is 0.236. The van der Waals surface area contributed by atoms with Crippen molar-refractivity contribution in [1.29, 1.82) is 5.26 Å². The van der Waals surface area contributed by atoms with Gasteiger partial charge in [-0.2, -0.15) is 5.26 Å². The van der Waals surface area contributed by atoms with Crippen LogP contribution in [-0.2, 0) is 4.79 Å². The van der Waals surface area contributed by atoms with Crippen molar-refractivity contribution in [3.8, 4) is 6.07 Å². The summed E-state index contributed by atoms with van der Waals surface area (Å²) in [5, 5.41) is 17.2. The van der Waals surface area contributed by atoms with Crippen LogP contribution in [0.5, 0.6) is 0 Å². The Morgan fingerprint density at radius 1 is 0.750 bits per heavy atom. The SMILES string of the molecule is N#CCC(=O)Nc1cccc(C(=O)Nc2ccc(Nc3ccccc3)cc2)c1. The van der Waals surface area contributed by atoms with E-state index in [1.54, 1.807) is 30.3 Å². The maximum Gasteiger partial charge on any atom is 0.255 e. The van der Waals surface area contributed by atoms with Gasteiger partial charge in [-0.15, -0.1) is 0 Å². The van der Waals surface area contributed by atoms with Gasteiger partial charge in [0.2, 0.25) is 5.91 Å². The fraction of sp³-hybridized carbons (Fsp3) is 0.0455. The van der Waals surface area contributed by atoms with Crippen molar-refractivity contribution in [3.05, 3.63) is 84.4 Å². The van der Waals surface area contributed by atoms with Crippen LogP contribution in [-0.4, -0.2) is 11.8 Å². The third kappa shape index (κ3) is 5.19. The molecule has 0 fully saturated rings. The van der Waals surface area contributed by atoms with Gasteiger partial charge < -0.3 is 16.0 Å². The van der Waals surface area contributed by atoms with Gasteiger partial charge in [0, 0.05) is 28.3 Å². The molecule has 3 rings (SSSR count). The van der Waals surface area contributed by atoms with E-state index >= 15 is 0 Å². The van der Waals surface area contributed by atoms with Gasteiger partial charge in [0.1, 0.15) is 6.42 Å². The highest BCUT2D eigenvalue weighted by molar-refractivity contribution is 6.05. The Morgan fingerprint density at radius 3 is 2.11 bits per heavy atom. The molecular formula is C22H18N4O2. The monoisotopic (exact) mass is 370 g/mol. The van der Waals surface area contributed by atoms with Crippen molar-refractivity contribution in [3.63, 3.8) is 0 Å². The van der Waals surface area contributed by atoms with E-state index in [4.69, 9.17) is 5.26 Å². The largest absolute Gasteiger partial charge is 0.356 e. The number of anilines is 4. The number of nitrogens with one attached hydrogen (secondary N) is 3. The van der Waals surface area contributed by atoms with E-state index < -0.39 is 5.91 Å². The summed E-state index contributed by atoms with van der Waals surface area (Å²) in [5.41, 5.74) is 3.42. The molecule has 138 valence electrons. The zero-order chi connectivity index (χ0) is 19.8. The predicted octanol–water partition coefficient (Wildman–Crippen LogP) is 4.53. The van der Waals surface area contributed by atoms with E-state index in [1.165, 1.54) is 0 Å². The fourth-order valence-corrected chi connectivity index (χ4v) is 2.54. The lowest BCUT2D eigenvalue weighted by Gasteiger charge is -2.10. The summed E-state index contributed by atoms with van der Waals surface area (Å²) in [6.07, 6.45) is -0.236. The van der Waals surface area contributed by atoms with Crippen LogP contribution in [0, 0.1) is 11.3 Å². The number of hydrogen-bond acceptors (Lipinski definition) is 4. The molecule has 0 spiro atoms. The number of nitriles is 1. The smallest absolute Gasteiger partial charge is 0.255 e. The van der Waals surface area contributed by atoms with Crippen LogP contribution in [0.4, 0.5) is 22.7 Å². The molecule has 0 aromatic heterocycles. The Balaban J connectivity index is 1.63. The molecule has 3 aromatic carbocycles. The number of rotatable bonds is 6. The maximum atomic E-state index is 12.5. The molecule has 0 unspecified atom stereocenters. The number of nitrogens with zero attached hydrogens (tertiary/aromatic N) is 1. The first-order valence-corrected chi connectivity index (χ1v) is 8.64. The summed E-state index contributed by atoms with van der Waals surface area (Å²) < 4.78 is 0. The van der Waals surface area contributed by atoms with Gasteiger partial charge in [0.25, 0.3) is 5.91 Å². The minimum Gasteiger partial charge on any atom is -0.356 e. The number of carbonyl (C=O) groups excluding carboxylic acids is 2. The molecule has 2 amide bonds. The van der Waals surface area contributed by atoms with E-state index in [1.807, 2.05) is 54.6 Å². The average Bonchev–Trinajstić information content (AvgIpc) is 2.70. The quantitative estimate of drug-likeness (QED) is 0.594. The Bertz CT molecular complexity index is 1010.